The summed E-state index contributed by atoms with van der Waals surface area (Å²) < 4.78 is 1.93. The Bertz CT molecular complexity index is 546. The summed E-state index contributed by atoms with van der Waals surface area (Å²) in [6, 6.07) is 0. The maximum absolute atomic E-state index is 11.5. The monoisotopic (exact) mass is 334 g/mol. The van der Waals surface area contributed by atoms with Gasteiger partial charge in [0.15, 0.2) is 0 Å². The van der Waals surface area contributed by atoms with Gasteiger partial charge in [-0.2, -0.15) is 0 Å². The molecular formula is C10H11IN2O3. The standard InChI is InChI=1S/C10H11IN2O3/c1-5-6(7(5)4-14)2-13-3-8(11)9(15)12-10(13)16/h3,6-7,14H,1-2,4H2,(H,12,15,16)/t6-,7-/m0/s1. The van der Waals surface area contributed by atoms with Crippen molar-refractivity contribution in [2.75, 3.05) is 6.61 Å². The van der Waals surface area contributed by atoms with Crippen molar-refractivity contribution in [2.45, 2.75) is 6.54 Å². The summed E-state index contributed by atoms with van der Waals surface area (Å²) in [6.07, 6.45) is 1.53. The van der Waals surface area contributed by atoms with Crippen molar-refractivity contribution in [1.82, 2.24) is 9.55 Å². The lowest BCUT2D eigenvalue weighted by Gasteiger charge is -2.03. The average Bonchev–Trinajstić information content (AvgIpc) is 2.85. The molecule has 0 aliphatic heterocycles. The Labute approximate surface area is 105 Å². The molecule has 1 fully saturated rings. The number of aliphatic hydroxyl groups excluding tert-OH is 1. The van der Waals surface area contributed by atoms with Gasteiger partial charge >= 0.3 is 5.69 Å². The summed E-state index contributed by atoms with van der Waals surface area (Å²) in [5.74, 6) is 0.237. The minimum Gasteiger partial charge on any atom is -0.396 e. The molecule has 1 heterocycles. The smallest absolute Gasteiger partial charge is 0.328 e. The van der Waals surface area contributed by atoms with Crippen LogP contribution in [0.2, 0.25) is 0 Å². The van der Waals surface area contributed by atoms with Crippen LogP contribution in [0.4, 0.5) is 0 Å². The molecule has 2 N–H and O–H groups in total. The van der Waals surface area contributed by atoms with Crippen molar-refractivity contribution in [3.63, 3.8) is 0 Å². The first-order valence-electron chi connectivity index (χ1n) is 4.83. The van der Waals surface area contributed by atoms with Crippen molar-refractivity contribution in [3.8, 4) is 0 Å². The van der Waals surface area contributed by atoms with E-state index >= 15 is 0 Å². The van der Waals surface area contributed by atoms with Crippen molar-refractivity contribution in [2.24, 2.45) is 11.8 Å². The molecule has 86 valence electrons. The molecule has 6 heteroatoms. The predicted octanol–water partition coefficient (Wildman–Crippen LogP) is -0.0643. The summed E-state index contributed by atoms with van der Waals surface area (Å²) in [5, 5.41) is 8.99. The number of rotatable bonds is 3. The van der Waals surface area contributed by atoms with Gasteiger partial charge in [-0.1, -0.05) is 12.2 Å². The lowest BCUT2D eigenvalue weighted by Crippen LogP contribution is -2.31. The lowest BCUT2D eigenvalue weighted by molar-refractivity contribution is 0.268. The highest BCUT2D eigenvalue weighted by atomic mass is 127. The van der Waals surface area contributed by atoms with Gasteiger partial charge in [-0.15, -0.1) is 0 Å². The number of aromatic amines is 1. The van der Waals surface area contributed by atoms with Crippen molar-refractivity contribution in [3.05, 3.63) is 42.8 Å². The first-order chi connectivity index (χ1) is 7.54. The molecule has 1 aliphatic carbocycles. The number of H-pyrrole nitrogens is 1. The molecule has 5 nitrogen and oxygen atoms in total. The van der Waals surface area contributed by atoms with Crippen molar-refractivity contribution >= 4 is 22.6 Å². The number of aromatic nitrogens is 2. The summed E-state index contributed by atoms with van der Waals surface area (Å²) in [7, 11) is 0. The van der Waals surface area contributed by atoms with E-state index in [1.165, 1.54) is 10.8 Å². The fourth-order valence-electron chi connectivity index (χ4n) is 1.76. The molecule has 0 spiro atoms. The number of aliphatic hydroxyl groups is 1. The Hall–Kier alpha value is -0.890. The summed E-state index contributed by atoms with van der Waals surface area (Å²) in [6.45, 7) is 4.35. The van der Waals surface area contributed by atoms with Crippen LogP contribution in [0.3, 0.4) is 0 Å². The largest absolute Gasteiger partial charge is 0.396 e. The number of nitrogens with one attached hydrogen (secondary N) is 1. The van der Waals surface area contributed by atoms with Crippen LogP contribution in [0.25, 0.3) is 0 Å². The minimum absolute atomic E-state index is 0.0682. The normalized spacial score (nSPS) is 23.5. The summed E-state index contributed by atoms with van der Waals surface area (Å²) in [4.78, 5) is 24.9. The van der Waals surface area contributed by atoms with E-state index in [0.717, 1.165) is 5.57 Å². The molecule has 0 unspecified atom stereocenters. The number of hydrogen-bond donors (Lipinski definition) is 2. The van der Waals surface area contributed by atoms with Crippen LogP contribution < -0.4 is 11.2 Å². The van der Waals surface area contributed by atoms with Crippen LogP contribution in [-0.4, -0.2) is 21.3 Å². The molecule has 2 rings (SSSR count). The second-order valence-electron chi connectivity index (χ2n) is 3.86. The van der Waals surface area contributed by atoms with Gasteiger partial charge in [-0.05, 0) is 22.6 Å². The van der Waals surface area contributed by atoms with Gasteiger partial charge in [0, 0.05) is 24.6 Å². The Morgan fingerprint density at radius 1 is 1.50 bits per heavy atom. The highest BCUT2D eigenvalue weighted by Crippen LogP contribution is 2.44. The number of halogens is 1. The SMILES string of the molecule is C=C1[C@H](CO)[C@H]1Cn1cc(I)c(=O)[nH]c1=O. The Kier molecular flexibility index (Phi) is 3.02. The third-order valence-electron chi connectivity index (χ3n) is 2.89. The molecule has 2 atom stereocenters. The third kappa shape index (κ3) is 1.99. The van der Waals surface area contributed by atoms with Gasteiger partial charge in [0.1, 0.15) is 0 Å². The van der Waals surface area contributed by atoms with E-state index in [1.54, 1.807) is 0 Å². The van der Waals surface area contributed by atoms with Gasteiger partial charge in [-0.25, -0.2) is 4.79 Å². The van der Waals surface area contributed by atoms with E-state index in [9.17, 15) is 9.59 Å². The van der Waals surface area contributed by atoms with Crippen molar-refractivity contribution < 1.29 is 5.11 Å². The van der Waals surface area contributed by atoms with Crippen molar-refractivity contribution in [1.29, 1.82) is 0 Å². The lowest BCUT2D eigenvalue weighted by atomic mass is 10.3. The maximum atomic E-state index is 11.5. The van der Waals surface area contributed by atoms with E-state index in [-0.39, 0.29) is 24.0 Å². The number of nitrogens with zero attached hydrogens (tertiary/aromatic N) is 1. The molecule has 0 aromatic carbocycles. The van der Waals surface area contributed by atoms with Crippen LogP contribution >= 0.6 is 22.6 Å². The third-order valence-corrected chi connectivity index (χ3v) is 3.66. The first-order valence-corrected chi connectivity index (χ1v) is 5.91. The molecule has 0 amide bonds. The molecule has 1 aromatic heterocycles. The van der Waals surface area contributed by atoms with E-state index < -0.39 is 5.69 Å². The minimum atomic E-state index is -0.415. The van der Waals surface area contributed by atoms with Gasteiger partial charge in [0.2, 0.25) is 0 Å². The van der Waals surface area contributed by atoms with Gasteiger partial charge < -0.3 is 5.11 Å². The van der Waals surface area contributed by atoms with Gasteiger partial charge in [-0.3, -0.25) is 14.3 Å². The fourth-order valence-corrected chi connectivity index (χ4v) is 2.24. The predicted molar refractivity (Wildman–Crippen MR) is 67.2 cm³/mol. The van der Waals surface area contributed by atoms with Crippen LogP contribution in [0.1, 0.15) is 0 Å². The zero-order valence-corrected chi connectivity index (χ0v) is 10.6. The maximum Gasteiger partial charge on any atom is 0.328 e. The molecular weight excluding hydrogens is 323 g/mol. The molecule has 16 heavy (non-hydrogen) atoms. The topological polar surface area (TPSA) is 75.1 Å². The van der Waals surface area contributed by atoms with E-state index in [4.69, 9.17) is 5.11 Å². The zero-order chi connectivity index (χ0) is 11.9. The second kappa shape index (κ2) is 4.17. The highest BCUT2D eigenvalue weighted by Gasteiger charge is 2.41. The molecule has 1 aliphatic rings. The fraction of sp³-hybridized carbons (Fsp3) is 0.400. The molecule has 1 aromatic rings. The van der Waals surface area contributed by atoms with E-state index in [2.05, 4.69) is 11.6 Å². The molecule has 0 radical (unpaired) electrons. The second-order valence-corrected chi connectivity index (χ2v) is 5.02. The van der Waals surface area contributed by atoms with E-state index in [0.29, 0.717) is 10.1 Å². The Morgan fingerprint density at radius 3 is 2.75 bits per heavy atom. The van der Waals surface area contributed by atoms with Crippen LogP contribution in [0, 0.1) is 15.4 Å². The number of hydrogen-bond acceptors (Lipinski definition) is 3. The highest BCUT2D eigenvalue weighted by molar-refractivity contribution is 14.1. The van der Waals surface area contributed by atoms with E-state index in [1.807, 2.05) is 22.6 Å². The zero-order valence-electron chi connectivity index (χ0n) is 8.44. The van der Waals surface area contributed by atoms with Gasteiger partial charge in [0.25, 0.3) is 5.56 Å². The Morgan fingerprint density at radius 2 is 2.19 bits per heavy atom. The molecule has 0 bridgehead atoms. The van der Waals surface area contributed by atoms with Crippen LogP contribution in [0.15, 0.2) is 27.9 Å². The van der Waals surface area contributed by atoms with Crippen LogP contribution in [0.5, 0.6) is 0 Å². The summed E-state index contributed by atoms with van der Waals surface area (Å²) >= 11 is 1.88. The summed E-state index contributed by atoms with van der Waals surface area (Å²) in [5.41, 5.74) is 0.188. The quantitative estimate of drug-likeness (QED) is 0.601. The molecule has 0 saturated heterocycles. The Balaban J connectivity index is 2.24. The molecule has 1 saturated carbocycles. The average molecular weight is 334 g/mol. The first kappa shape index (κ1) is 11.6. The van der Waals surface area contributed by atoms with Crippen LogP contribution in [-0.2, 0) is 6.54 Å². The van der Waals surface area contributed by atoms with Gasteiger partial charge in [0.05, 0.1) is 10.2 Å².